The summed E-state index contributed by atoms with van der Waals surface area (Å²) in [5, 5.41) is 0. The molecule has 3 aromatic rings. The standard InChI is InChI=1S/C22H19F3N2O3/c23-22(24,25)17-8-4-7-16(13-17)18-9-10-19(30-18)21(29)27(12-11-20(26)28)14-15-5-2-1-3-6-15/h1-10,13H,11-12,14H2,(H2,26,28). The van der Waals surface area contributed by atoms with Crippen LogP contribution in [0.15, 0.2) is 71.1 Å². The van der Waals surface area contributed by atoms with E-state index >= 15 is 0 Å². The van der Waals surface area contributed by atoms with Crippen LogP contribution in [0.5, 0.6) is 0 Å². The van der Waals surface area contributed by atoms with Crippen LogP contribution in [-0.2, 0) is 17.5 Å². The third kappa shape index (κ3) is 5.28. The number of carbonyl (C=O) groups is 2. The zero-order chi connectivity index (χ0) is 21.7. The van der Waals surface area contributed by atoms with E-state index in [9.17, 15) is 22.8 Å². The molecule has 0 aliphatic carbocycles. The summed E-state index contributed by atoms with van der Waals surface area (Å²) in [6, 6.07) is 16.7. The molecule has 0 aliphatic rings. The Hall–Kier alpha value is -3.55. The summed E-state index contributed by atoms with van der Waals surface area (Å²) in [5.74, 6) is -0.940. The van der Waals surface area contributed by atoms with E-state index in [0.717, 1.165) is 17.7 Å². The Morgan fingerprint density at radius 1 is 0.967 bits per heavy atom. The fourth-order valence-corrected chi connectivity index (χ4v) is 2.91. The molecule has 8 heteroatoms. The molecule has 0 fully saturated rings. The van der Waals surface area contributed by atoms with Crippen LogP contribution in [0.1, 0.15) is 28.1 Å². The largest absolute Gasteiger partial charge is 0.451 e. The first-order valence-corrected chi connectivity index (χ1v) is 9.13. The number of nitrogens with two attached hydrogens (primary N) is 1. The predicted molar refractivity (Wildman–Crippen MR) is 104 cm³/mol. The topological polar surface area (TPSA) is 76.5 Å². The van der Waals surface area contributed by atoms with Gasteiger partial charge in [0.2, 0.25) is 5.91 Å². The van der Waals surface area contributed by atoms with Crippen LogP contribution in [0.2, 0.25) is 0 Å². The van der Waals surface area contributed by atoms with Crippen LogP contribution < -0.4 is 5.73 Å². The normalized spacial score (nSPS) is 11.3. The maximum atomic E-state index is 13.0. The molecule has 0 saturated heterocycles. The lowest BCUT2D eigenvalue weighted by atomic mass is 10.1. The Labute approximate surface area is 170 Å². The molecule has 0 saturated carbocycles. The number of benzene rings is 2. The molecule has 5 nitrogen and oxygen atoms in total. The fourth-order valence-electron chi connectivity index (χ4n) is 2.91. The highest BCUT2D eigenvalue weighted by molar-refractivity contribution is 5.92. The van der Waals surface area contributed by atoms with Gasteiger partial charge in [0.25, 0.3) is 5.91 Å². The summed E-state index contributed by atoms with van der Waals surface area (Å²) < 4.78 is 44.4. The van der Waals surface area contributed by atoms with Crippen molar-refractivity contribution < 1.29 is 27.2 Å². The lowest BCUT2D eigenvalue weighted by Gasteiger charge is -2.21. The molecule has 2 amide bonds. The minimum Gasteiger partial charge on any atom is -0.451 e. The molecule has 0 bridgehead atoms. The maximum absolute atomic E-state index is 13.0. The van der Waals surface area contributed by atoms with E-state index in [1.165, 1.54) is 29.2 Å². The summed E-state index contributed by atoms with van der Waals surface area (Å²) in [6.45, 7) is 0.315. The highest BCUT2D eigenvalue weighted by atomic mass is 19.4. The van der Waals surface area contributed by atoms with Crippen molar-refractivity contribution in [3.8, 4) is 11.3 Å². The van der Waals surface area contributed by atoms with Gasteiger partial charge in [-0.2, -0.15) is 13.2 Å². The highest BCUT2D eigenvalue weighted by Gasteiger charge is 2.30. The molecule has 0 radical (unpaired) electrons. The second-order valence-corrected chi connectivity index (χ2v) is 6.67. The summed E-state index contributed by atoms with van der Waals surface area (Å²) in [6.07, 6.45) is -4.51. The molecule has 0 unspecified atom stereocenters. The summed E-state index contributed by atoms with van der Waals surface area (Å²) in [4.78, 5) is 25.5. The molecule has 0 atom stereocenters. The van der Waals surface area contributed by atoms with Gasteiger partial charge in [0, 0.05) is 25.1 Å². The molecular weight excluding hydrogens is 397 g/mol. The number of hydrogen-bond acceptors (Lipinski definition) is 3. The van der Waals surface area contributed by atoms with Crippen molar-refractivity contribution in [2.75, 3.05) is 6.54 Å². The average Bonchev–Trinajstić information content (AvgIpc) is 3.21. The molecular formula is C22H19F3N2O3. The number of primary amides is 1. The van der Waals surface area contributed by atoms with E-state index < -0.39 is 23.6 Å². The van der Waals surface area contributed by atoms with Crippen LogP contribution in [0.25, 0.3) is 11.3 Å². The van der Waals surface area contributed by atoms with E-state index in [0.29, 0.717) is 0 Å². The minimum atomic E-state index is -4.48. The number of amides is 2. The molecule has 3 rings (SSSR count). The molecule has 30 heavy (non-hydrogen) atoms. The number of furan rings is 1. The van der Waals surface area contributed by atoms with Crippen molar-refractivity contribution >= 4 is 11.8 Å². The molecule has 156 valence electrons. The van der Waals surface area contributed by atoms with Crippen molar-refractivity contribution in [1.29, 1.82) is 0 Å². The SMILES string of the molecule is NC(=O)CCN(Cc1ccccc1)C(=O)c1ccc(-c2cccc(C(F)(F)F)c2)o1. The molecule has 0 aliphatic heterocycles. The van der Waals surface area contributed by atoms with Gasteiger partial charge in [-0.15, -0.1) is 0 Å². The van der Waals surface area contributed by atoms with Crippen molar-refractivity contribution in [2.45, 2.75) is 19.1 Å². The Morgan fingerprint density at radius 2 is 1.70 bits per heavy atom. The van der Waals surface area contributed by atoms with Crippen molar-refractivity contribution in [1.82, 2.24) is 4.90 Å². The Bertz CT molecular complexity index is 1030. The zero-order valence-electron chi connectivity index (χ0n) is 15.9. The minimum absolute atomic E-state index is 0.0280. The quantitative estimate of drug-likeness (QED) is 0.617. The van der Waals surface area contributed by atoms with Crippen molar-refractivity contribution in [3.63, 3.8) is 0 Å². The Morgan fingerprint density at radius 3 is 2.37 bits per heavy atom. The van der Waals surface area contributed by atoms with Crippen LogP contribution in [0.4, 0.5) is 13.2 Å². The number of carbonyl (C=O) groups excluding carboxylic acids is 2. The average molecular weight is 416 g/mol. The van der Waals surface area contributed by atoms with E-state index in [1.54, 1.807) is 0 Å². The number of alkyl halides is 3. The van der Waals surface area contributed by atoms with Crippen LogP contribution in [-0.4, -0.2) is 23.3 Å². The second kappa shape index (κ2) is 8.86. The number of halogens is 3. The molecule has 2 N–H and O–H groups in total. The number of hydrogen-bond donors (Lipinski definition) is 1. The summed E-state index contributed by atoms with van der Waals surface area (Å²) in [7, 11) is 0. The highest BCUT2D eigenvalue weighted by Crippen LogP contribution is 2.32. The van der Waals surface area contributed by atoms with Gasteiger partial charge in [0.15, 0.2) is 5.76 Å². The summed E-state index contributed by atoms with van der Waals surface area (Å²) >= 11 is 0. The molecule has 0 spiro atoms. The van der Waals surface area contributed by atoms with Crippen LogP contribution >= 0.6 is 0 Å². The number of nitrogens with zero attached hydrogens (tertiary/aromatic N) is 1. The van der Waals surface area contributed by atoms with Gasteiger partial charge >= 0.3 is 6.18 Å². The third-order valence-electron chi connectivity index (χ3n) is 4.42. The number of rotatable bonds is 7. The van der Waals surface area contributed by atoms with Crippen LogP contribution in [0, 0.1) is 0 Å². The molecule has 2 aromatic carbocycles. The Kier molecular flexibility index (Phi) is 6.25. The third-order valence-corrected chi connectivity index (χ3v) is 4.42. The van der Waals surface area contributed by atoms with Gasteiger partial charge in [-0.25, -0.2) is 0 Å². The first-order chi connectivity index (χ1) is 14.2. The lowest BCUT2D eigenvalue weighted by Crippen LogP contribution is -2.33. The first-order valence-electron chi connectivity index (χ1n) is 9.13. The lowest BCUT2D eigenvalue weighted by molar-refractivity contribution is -0.137. The van der Waals surface area contributed by atoms with Gasteiger partial charge in [-0.3, -0.25) is 9.59 Å². The molecule has 1 heterocycles. The smallest absolute Gasteiger partial charge is 0.416 e. The van der Waals surface area contributed by atoms with Gasteiger partial charge in [0.1, 0.15) is 5.76 Å². The van der Waals surface area contributed by atoms with Crippen molar-refractivity contribution in [2.24, 2.45) is 5.73 Å². The van der Waals surface area contributed by atoms with E-state index in [1.807, 2.05) is 30.3 Å². The monoisotopic (exact) mass is 416 g/mol. The molecule has 1 aromatic heterocycles. The fraction of sp³-hybridized carbons (Fsp3) is 0.182. The predicted octanol–water partition coefficient (Wildman–Crippen LogP) is 4.48. The second-order valence-electron chi connectivity index (χ2n) is 6.67. The zero-order valence-corrected chi connectivity index (χ0v) is 15.9. The van der Waals surface area contributed by atoms with E-state index in [4.69, 9.17) is 10.2 Å². The van der Waals surface area contributed by atoms with Gasteiger partial charge in [0.05, 0.1) is 5.56 Å². The Balaban J connectivity index is 1.84. The van der Waals surface area contributed by atoms with E-state index in [2.05, 4.69) is 0 Å². The van der Waals surface area contributed by atoms with Crippen LogP contribution in [0.3, 0.4) is 0 Å². The van der Waals surface area contributed by atoms with Gasteiger partial charge in [-0.1, -0.05) is 42.5 Å². The van der Waals surface area contributed by atoms with Gasteiger partial charge < -0.3 is 15.1 Å². The van der Waals surface area contributed by atoms with E-state index in [-0.39, 0.29) is 36.6 Å². The summed E-state index contributed by atoms with van der Waals surface area (Å²) in [5.41, 5.74) is 5.45. The van der Waals surface area contributed by atoms with Gasteiger partial charge in [-0.05, 0) is 29.8 Å². The first kappa shape index (κ1) is 21.2. The maximum Gasteiger partial charge on any atom is 0.416 e. The van der Waals surface area contributed by atoms with Crippen molar-refractivity contribution in [3.05, 3.63) is 83.6 Å².